The second-order valence-electron chi connectivity index (χ2n) is 4.26. The smallest absolute Gasteiger partial charge is 0.224 e. The summed E-state index contributed by atoms with van der Waals surface area (Å²) in [5, 5.41) is 11.6. The highest BCUT2D eigenvalue weighted by Crippen LogP contribution is 2.04. The van der Waals surface area contributed by atoms with Crippen LogP contribution < -0.4 is 5.32 Å². The quantitative estimate of drug-likeness (QED) is 0.787. The van der Waals surface area contributed by atoms with Crippen LogP contribution in [0.2, 0.25) is 0 Å². The summed E-state index contributed by atoms with van der Waals surface area (Å²) in [5.41, 5.74) is 2.18. The first-order chi connectivity index (χ1) is 7.61. The number of carbonyl (C=O) groups is 1. The largest absolute Gasteiger partial charge is 0.396 e. The number of rotatable bonds is 5. The number of nitrogens with one attached hydrogen (secondary N) is 1. The summed E-state index contributed by atoms with van der Waals surface area (Å²) in [4.78, 5) is 11.6. The number of carbonyl (C=O) groups excluding carboxylic acids is 1. The molecule has 0 fully saturated rings. The molecule has 0 saturated heterocycles. The number of benzene rings is 1. The van der Waals surface area contributed by atoms with E-state index in [1.807, 2.05) is 38.1 Å². The molecule has 0 bridgehead atoms. The van der Waals surface area contributed by atoms with Crippen molar-refractivity contribution in [1.82, 2.24) is 5.32 Å². The minimum Gasteiger partial charge on any atom is -0.396 e. The van der Waals surface area contributed by atoms with Crippen molar-refractivity contribution >= 4 is 5.91 Å². The molecular formula is C13H19NO2. The lowest BCUT2D eigenvalue weighted by Crippen LogP contribution is -2.30. The predicted molar refractivity (Wildman–Crippen MR) is 64.1 cm³/mol. The fourth-order valence-electron chi connectivity index (χ4n) is 1.42. The lowest BCUT2D eigenvalue weighted by molar-refractivity contribution is -0.120. The van der Waals surface area contributed by atoms with E-state index in [0.29, 0.717) is 13.0 Å². The summed E-state index contributed by atoms with van der Waals surface area (Å²) in [6, 6.07) is 7.92. The first-order valence-electron chi connectivity index (χ1n) is 5.55. The van der Waals surface area contributed by atoms with Crippen LogP contribution in [0.15, 0.2) is 24.3 Å². The van der Waals surface area contributed by atoms with E-state index in [1.165, 1.54) is 0 Å². The van der Waals surface area contributed by atoms with Crippen molar-refractivity contribution in [3.05, 3.63) is 35.4 Å². The maximum absolute atomic E-state index is 11.6. The molecule has 1 unspecified atom stereocenters. The number of aliphatic hydroxyl groups excluding tert-OH is 1. The fraction of sp³-hybridized carbons (Fsp3) is 0.462. The Morgan fingerprint density at radius 3 is 2.88 bits per heavy atom. The van der Waals surface area contributed by atoms with Crippen molar-refractivity contribution in [2.45, 2.75) is 20.3 Å². The first kappa shape index (κ1) is 12.7. The van der Waals surface area contributed by atoms with Gasteiger partial charge >= 0.3 is 0 Å². The van der Waals surface area contributed by atoms with Crippen LogP contribution in [0.25, 0.3) is 0 Å². The minimum atomic E-state index is 0.00546. The van der Waals surface area contributed by atoms with E-state index in [1.54, 1.807) is 0 Å². The molecule has 16 heavy (non-hydrogen) atoms. The highest BCUT2D eigenvalue weighted by molar-refractivity contribution is 5.78. The standard InChI is InChI=1S/C13H19NO2/c1-10-4-3-5-12(6-10)7-13(16)14-8-11(2)9-15/h3-6,11,15H,7-9H2,1-2H3,(H,14,16). The van der Waals surface area contributed by atoms with Crippen molar-refractivity contribution in [1.29, 1.82) is 0 Å². The molecule has 1 atom stereocenters. The molecule has 3 heteroatoms. The summed E-state index contributed by atoms with van der Waals surface area (Å²) < 4.78 is 0. The van der Waals surface area contributed by atoms with Crippen molar-refractivity contribution in [2.24, 2.45) is 5.92 Å². The molecule has 0 aliphatic rings. The van der Waals surface area contributed by atoms with Crippen LogP contribution in [0, 0.1) is 12.8 Å². The van der Waals surface area contributed by atoms with E-state index >= 15 is 0 Å². The summed E-state index contributed by atoms with van der Waals surface area (Å²) >= 11 is 0. The molecule has 0 aromatic heterocycles. The first-order valence-corrected chi connectivity index (χ1v) is 5.55. The molecule has 1 aromatic carbocycles. The highest BCUT2D eigenvalue weighted by Gasteiger charge is 2.05. The van der Waals surface area contributed by atoms with E-state index in [2.05, 4.69) is 5.32 Å². The third-order valence-electron chi connectivity index (χ3n) is 2.41. The Morgan fingerprint density at radius 2 is 2.25 bits per heavy atom. The molecule has 3 nitrogen and oxygen atoms in total. The van der Waals surface area contributed by atoms with Crippen molar-refractivity contribution in [2.75, 3.05) is 13.2 Å². The number of hydrogen-bond donors (Lipinski definition) is 2. The molecule has 0 heterocycles. The van der Waals surface area contributed by atoms with Crippen LogP contribution in [-0.2, 0) is 11.2 Å². The van der Waals surface area contributed by atoms with E-state index < -0.39 is 0 Å². The monoisotopic (exact) mass is 221 g/mol. The maximum atomic E-state index is 11.6. The Bertz CT molecular complexity index is 350. The van der Waals surface area contributed by atoms with Gasteiger partial charge in [-0.3, -0.25) is 4.79 Å². The molecule has 1 amide bonds. The molecule has 1 rings (SSSR count). The number of aliphatic hydroxyl groups is 1. The minimum absolute atomic E-state index is 0.00546. The second-order valence-corrected chi connectivity index (χ2v) is 4.26. The molecule has 88 valence electrons. The van der Waals surface area contributed by atoms with Crippen LogP contribution in [0.5, 0.6) is 0 Å². The van der Waals surface area contributed by atoms with Gasteiger partial charge in [0.25, 0.3) is 0 Å². The molecule has 0 saturated carbocycles. The molecule has 2 N–H and O–H groups in total. The lowest BCUT2D eigenvalue weighted by Gasteiger charge is -2.09. The van der Waals surface area contributed by atoms with E-state index in [0.717, 1.165) is 11.1 Å². The van der Waals surface area contributed by atoms with Gasteiger partial charge in [-0.25, -0.2) is 0 Å². The van der Waals surface area contributed by atoms with Gasteiger partial charge < -0.3 is 10.4 Å². The van der Waals surface area contributed by atoms with Gasteiger partial charge in [-0.05, 0) is 18.4 Å². The molecule has 0 aliphatic heterocycles. The van der Waals surface area contributed by atoms with E-state index in [9.17, 15) is 4.79 Å². The summed E-state index contributed by atoms with van der Waals surface area (Å²) in [6.45, 7) is 4.54. The number of amides is 1. The van der Waals surface area contributed by atoms with Crippen LogP contribution in [0.4, 0.5) is 0 Å². The summed E-state index contributed by atoms with van der Waals surface area (Å²) in [5.74, 6) is 0.118. The van der Waals surface area contributed by atoms with Gasteiger partial charge in [0.2, 0.25) is 5.91 Å². The Kier molecular flexibility index (Phi) is 4.99. The van der Waals surface area contributed by atoms with Crippen LogP contribution >= 0.6 is 0 Å². The van der Waals surface area contributed by atoms with Crippen molar-refractivity contribution in [3.8, 4) is 0 Å². The summed E-state index contributed by atoms with van der Waals surface area (Å²) in [7, 11) is 0. The zero-order chi connectivity index (χ0) is 12.0. The maximum Gasteiger partial charge on any atom is 0.224 e. The zero-order valence-corrected chi connectivity index (χ0v) is 9.86. The van der Waals surface area contributed by atoms with E-state index in [-0.39, 0.29) is 18.4 Å². The second kappa shape index (κ2) is 6.28. The topological polar surface area (TPSA) is 49.3 Å². The Hall–Kier alpha value is -1.35. The Labute approximate surface area is 96.5 Å². The van der Waals surface area contributed by atoms with Crippen molar-refractivity contribution < 1.29 is 9.90 Å². The fourth-order valence-corrected chi connectivity index (χ4v) is 1.42. The van der Waals surface area contributed by atoms with Crippen LogP contribution in [0.3, 0.4) is 0 Å². The number of hydrogen-bond acceptors (Lipinski definition) is 2. The molecular weight excluding hydrogens is 202 g/mol. The molecule has 0 radical (unpaired) electrons. The van der Waals surface area contributed by atoms with Crippen molar-refractivity contribution in [3.63, 3.8) is 0 Å². The van der Waals surface area contributed by atoms with Gasteiger partial charge in [-0.1, -0.05) is 36.8 Å². The van der Waals surface area contributed by atoms with Crippen LogP contribution in [0.1, 0.15) is 18.1 Å². The molecule has 1 aromatic rings. The van der Waals surface area contributed by atoms with Gasteiger partial charge in [0.15, 0.2) is 0 Å². The third kappa shape index (κ3) is 4.45. The normalized spacial score (nSPS) is 12.2. The van der Waals surface area contributed by atoms with Gasteiger partial charge in [0.05, 0.1) is 6.42 Å². The summed E-state index contributed by atoms with van der Waals surface area (Å²) in [6.07, 6.45) is 0.403. The Balaban J connectivity index is 2.40. The molecule has 0 spiro atoms. The van der Waals surface area contributed by atoms with Gasteiger partial charge in [0.1, 0.15) is 0 Å². The van der Waals surface area contributed by atoms with Gasteiger partial charge in [-0.2, -0.15) is 0 Å². The lowest BCUT2D eigenvalue weighted by atomic mass is 10.1. The average molecular weight is 221 g/mol. The average Bonchev–Trinajstić information content (AvgIpc) is 2.26. The van der Waals surface area contributed by atoms with Crippen LogP contribution in [-0.4, -0.2) is 24.2 Å². The number of aryl methyl sites for hydroxylation is 1. The Morgan fingerprint density at radius 1 is 1.50 bits per heavy atom. The SMILES string of the molecule is Cc1cccc(CC(=O)NCC(C)CO)c1. The predicted octanol–water partition coefficient (Wildman–Crippen LogP) is 1.28. The molecule has 0 aliphatic carbocycles. The van der Waals surface area contributed by atoms with Gasteiger partial charge in [0, 0.05) is 13.2 Å². The third-order valence-corrected chi connectivity index (χ3v) is 2.41. The zero-order valence-electron chi connectivity index (χ0n) is 9.86. The van der Waals surface area contributed by atoms with E-state index in [4.69, 9.17) is 5.11 Å². The van der Waals surface area contributed by atoms with Gasteiger partial charge in [-0.15, -0.1) is 0 Å². The highest BCUT2D eigenvalue weighted by atomic mass is 16.3.